The summed E-state index contributed by atoms with van der Waals surface area (Å²) in [5.41, 5.74) is 13.7. The van der Waals surface area contributed by atoms with E-state index < -0.39 is 0 Å². The zero-order valence-corrected chi connectivity index (χ0v) is 34.2. The largest absolute Gasteiger partial charge is 0.456 e. The van der Waals surface area contributed by atoms with E-state index >= 15 is 0 Å². The number of hydrogen-bond acceptors (Lipinski definition) is 4. The van der Waals surface area contributed by atoms with Crippen molar-refractivity contribution in [2.75, 3.05) is 4.90 Å². The van der Waals surface area contributed by atoms with Gasteiger partial charge in [-0.1, -0.05) is 140 Å². The molecule has 0 unspecified atom stereocenters. The molecular formula is C58H35NO2S. The fraction of sp³-hybridized carbons (Fsp3) is 0. The molecule has 0 saturated heterocycles. The molecule has 3 nitrogen and oxygen atoms in total. The monoisotopic (exact) mass is 809 g/mol. The molecule has 3 heterocycles. The second kappa shape index (κ2) is 13.8. The zero-order chi connectivity index (χ0) is 40.7. The molecule has 13 aromatic rings. The van der Waals surface area contributed by atoms with Crippen LogP contribution in [0, 0.1) is 0 Å². The Labute approximate surface area is 360 Å². The van der Waals surface area contributed by atoms with E-state index in [4.69, 9.17) is 8.83 Å². The third kappa shape index (κ3) is 5.51. The third-order valence-corrected chi connectivity index (χ3v) is 13.7. The number of hydrogen-bond donors (Lipinski definition) is 0. The van der Waals surface area contributed by atoms with E-state index in [9.17, 15) is 0 Å². The van der Waals surface area contributed by atoms with Gasteiger partial charge in [-0.25, -0.2) is 0 Å². The van der Waals surface area contributed by atoms with Crippen molar-refractivity contribution < 1.29 is 8.83 Å². The first-order chi connectivity index (χ1) is 30.7. The van der Waals surface area contributed by atoms with Gasteiger partial charge in [0.25, 0.3) is 0 Å². The smallest absolute Gasteiger partial charge is 0.136 e. The van der Waals surface area contributed by atoms with Crippen molar-refractivity contribution in [1.82, 2.24) is 0 Å². The molecule has 0 aliphatic carbocycles. The average Bonchev–Trinajstić information content (AvgIpc) is 4.02. The lowest BCUT2D eigenvalue weighted by Crippen LogP contribution is -2.11. The summed E-state index contributed by atoms with van der Waals surface area (Å²) in [7, 11) is 0. The summed E-state index contributed by atoms with van der Waals surface area (Å²) < 4.78 is 15.5. The Morgan fingerprint density at radius 3 is 1.77 bits per heavy atom. The zero-order valence-electron chi connectivity index (χ0n) is 33.4. The second-order valence-corrected chi connectivity index (χ2v) is 17.1. The van der Waals surface area contributed by atoms with Gasteiger partial charge in [-0.05, 0) is 111 Å². The molecule has 0 radical (unpaired) electrons. The maximum absolute atomic E-state index is 6.58. The van der Waals surface area contributed by atoms with Gasteiger partial charge in [0.1, 0.15) is 22.3 Å². The second-order valence-electron chi connectivity index (χ2n) is 16.0. The van der Waals surface area contributed by atoms with E-state index in [2.05, 4.69) is 205 Å². The van der Waals surface area contributed by atoms with Crippen LogP contribution in [0.1, 0.15) is 0 Å². The summed E-state index contributed by atoms with van der Waals surface area (Å²) in [4.78, 5) is 2.39. The van der Waals surface area contributed by atoms with Crippen molar-refractivity contribution >= 4 is 103 Å². The molecule has 62 heavy (non-hydrogen) atoms. The lowest BCUT2D eigenvalue weighted by molar-refractivity contribution is 0.669. The van der Waals surface area contributed by atoms with Gasteiger partial charge < -0.3 is 13.7 Å². The summed E-state index contributed by atoms with van der Waals surface area (Å²) in [6.07, 6.45) is 0. The molecule has 290 valence electrons. The molecule has 0 aliphatic heterocycles. The van der Waals surface area contributed by atoms with Crippen molar-refractivity contribution in [3.05, 3.63) is 212 Å². The average molecular weight is 810 g/mol. The van der Waals surface area contributed by atoms with Crippen molar-refractivity contribution in [2.45, 2.75) is 0 Å². The predicted molar refractivity (Wildman–Crippen MR) is 262 cm³/mol. The lowest BCUT2D eigenvalue weighted by atomic mass is 9.96. The number of furan rings is 2. The first-order valence-electron chi connectivity index (χ1n) is 21.0. The van der Waals surface area contributed by atoms with Crippen LogP contribution in [0.2, 0.25) is 0 Å². The normalized spacial score (nSPS) is 11.9. The summed E-state index contributed by atoms with van der Waals surface area (Å²) in [6, 6.07) is 76.3. The highest BCUT2D eigenvalue weighted by Gasteiger charge is 2.21. The Morgan fingerprint density at radius 2 is 0.919 bits per heavy atom. The van der Waals surface area contributed by atoms with Crippen LogP contribution in [0.3, 0.4) is 0 Å². The summed E-state index contributed by atoms with van der Waals surface area (Å²) >= 11 is 1.87. The van der Waals surface area contributed by atoms with E-state index in [0.29, 0.717) is 0 Å². The highest BCUT2D eigenvalue weighted by molar-refractivity contribution is 7.26. The number of fused-ring (bicyclic) bond motifs is 10. The molecule has 0 bridgehead atoms. The number of benzene rings is 10. The summed E-state index contributed by atoms with van der Waals surface area (Å²) in [6.45, 7) is 0. The number of rotatable bonds is 6. The molecule has 13 rings (SSSR count). The first kappa shape index (κ1) is 34.9. The van der Waals surface area contributed by atoms with Gasteiger partial charge in [-0.2, -0.15) is 0 Å². The Hall–Kier alpha value is -7.92. The van der Waals surface area contributed by atoms with Gasteiger partial charge in [0, 0.05) is 58.7 Å². The maximum Gasteiger partial charge on any atom is 0.136 e. The van der Waals surface area contributed by atoms with Crippen molar-refractivity contribution in [3.8, 4) is 33.4 Å². The van der Waals surface area contributed by atoms with Crippen LogP contribution in [0.5, 0.6) is 0 Å². The van der Waals surface area contributed by atoms with E-state index in [1.165, 1.54) is 42.1 Å². The highest BCUT2D eigenvalue weighted by atomic mass is 32.1. The van der Waals surface area contributed by atoms with Gasteiger partial charge in [-0.3, -0.25) is 0 Å². The highest BCUT2D eigenvalue weighted by Crippen LogP contribution is 2.47. The van der Waals surface area contributed by atoms with Crippen LogP contribution in [0.4, 0.5) is 17.1 Å². The molecule has 0 fully saturated rings. The first-order valence-corrected chi connectivity index (χ1v) is 21.8. The topological polar surface area (TPSA) is 29.5 Å². The number of nitrogens with zero attached hydrogens (tertiary/aromatic N) is 1. The molecule has 0 spiro atoms. The fourth-order valence-electron chi connectivity index (χ4n) is 9.53. The van der Waals surface area contributed by atoms with Crippen LogP contribution in [0.25, 0.3) is 108 Å². The van der Waals surface area contributed by atoms with Crippen molar-refractivity contribution in [1.29, 1.82) is 0 Å². The van der Waals surface area contributed by atoms with Gasteiger partial charge in [-0.15, -0.1) is 11.3 Å². The quantitative estimate of drug-likeness (QED) is 0.168. The molecule has 4 heteroatoms. The molecule has 0 atom stereocenters. The van der Waals surface area contributed by atoms with Crippen LogP contribution in [-0.2, 0) is 0 Å². The minimum atomic E-state index is 0.875. The molecule has 0 N–H and O–H groups in total. The number of thiophene rings is 1. The molecule has 3 aromatic heterocycles. The number of anilines is 3. The minimum Gasteiger partial charge on any atom is -0.456 e. The van der Waals surface area contributed by atoms with Gasteiger partial charge >= 0.3 is 0 Å². The predicted octanol–water partition coefficient (Wildman–Crippen LogP) is 17.5. The van der Waals surface area contributed by atoms with E-state index in [1.54, 1.807) is 0 Å². The van der Waals surface area contributed by atoms with Gasteiger partial charge in [0.05, 0.1) is 5.69 Å². The summed E-state index contributed by atoms with van der Waals surface area (Å²) in [5.74, 6) is 0. The van der Waals surface area contributed by atoms with Crippen molar-refractivity contribution in [3.63, 3.8) is 0 Å². The van der Waals surface area contributed by atoms with E-state index in [-0.39, 0.29) is 0 Å². The minimum absolute atomic E-state index is 0.875. The van der Waals surface area contributed by atoms with E-state index in [1.807, 2.05) is 23.5 Å². The van der Waals surface area contributed by atoms with Gasteiger partial charge in [0.15, 0.2) is 0 Å². The fourth-order valence-corrected chi connectivity index (χ4v) is 10.8. The lowest BCUT2D eigenvalue weighted by Gasteiger charge is -2.28. The maximum atomic E-state index is 6.58. The molecule has 0 saturated carbocycles. The molecule has 0 amide bonds. The Balaban J connectivity index is 0.969. The van der Waals surface area contributed by atoms with Crippen molar-refractivity contribution in [2.24, 2.45) is 0 Å². The van der Waals surface area contributed by atoms with Gasteiger partial charge in [0.2, 0.25) is 0 Å². The summed E-state index contributed by atoms with van der Waals surface area (Å²) in [5, 5.41) is 9.46. The van der Waals surface area contributed by atoms with Crippen LogP contribution >= 0.6 is 11.3 Å². The molecule has 10 aromatic carbocycles. The SMILES string of the molecule is c1ccc(N(c2ccc(-c3ccc4c(c3)oc3ccccc34)cc2)c2ccc(-c3cccc4c3sc3ccccc34)cc2)c(-c2cccc3oc4cc5ccccc5cc4c23)c1. The standard InChI is InChI=1S/C58H35NO2S/c1-2-12-39-34-55-50(33-38(39)11-1)57-48(17-10-21-53(57)61-55)44-13-3-6-19-51(44)59(41-28-23-36(24-29-41)40-27-32-46-45-14-4-7-20-52(45)60-54(46)35-40)42-30-25-37(26-31-42)43-16-9-18-49-47-15-5-8-22-56(47)62-58(43)49/h1-35H. The number of para-hydroxylation sites is 2. The Kier molecular flexibility index (Phi) is 7.78. The van der Waals surface area contributed by atoms with Crippen LogP contribution in [0.15, 0.2) is 221 Å². The molecule has 0 aliphatic rings. The Bertz CT molecular complexity index is 3870. The van der Waals surface area contributed by atoms with E-state index in [0.717, 1.165) is 83.2 Å². The Morgan fingerprint density at radius 1 is 0.339 bits per heavy atom. The third-order valence-electron chi connectivity index (χ3n) is 12.5. The molecular weight excluding hydrogens is 775 g/mol. The van der Waals surface area contributed by atoms with Crippen LogP contribution < -0.4 is 4.90 Å². The van der Waals surface area contributed by atoms with Crippen LogP contribution in [-0.4, -0.2) is 0 Å².